The first-order valence-corrected chi connectivity index (χ1v) is 8.54. The number of aryl methyl sites for hydroxylation is 1. The smallest absolute Gasteiger partial charge is 0.280 e. The summed E-state index contributed by atoms with van der Waals surface area (Å²) >= 11 is 3.37. The molecule has 3 aromatic rings. The normalized spacial score (nSPS) is 11.6. The van der Waals surface area contributed by atoms with Crippen molar-refractivity contribution in [1.82, 2.24) is 9.78 Å². The Morgan fingerprint density at radius 2 is 1.77 bits per heavy atom. The van der Waals surface area contributed by atoms with E-state index in [0.29, 0.717) is 22.7 Å². The molecule has 0 unspecified atom stereocenters. The molecular formula is C18H15BrN4O3. The van der Waals surface area contributed by atoms with E-state index in [1.54, 1.807) is 13.8 Å². The van der Waals surface area contributed by atoms with Gasteiger partial charge in [-0.3, -0.25) is 25.0 Å². The third kappa shape index (κ3) is 3.50. The zero-order valence-electron chi connectivity index (χ0n) is 14.1. The van der Waals surface area contributed by atoms with E-state index < -0.39 is 4.92 Å². The van der Waals surface area contributed by atoms with Gasteiger partial charge < -0.3 is 0 Å². The second-order valence-corrected chi connectivity index (χ2v) is 6.62. The van der Waals surface area contributed by atoms with Crippen LogP contribution in [0.25, 0.3) is 5.69 Å². The van der Waals surface area contributed by atoms with E-state index in [9.17, 15) is 14.9 Å². The summed E-state index contributed by atoms with van der Waals surface area (Å²) < 4.78 is 2.31. The highest BCUT2D eigenvalue weighted by molar-refractivity contribution is 9.10. The first-order valence-electron chi connectivity index (χ1n) is 7.74. The molecule has 0 aliphatic carbocycles. The molecule has 1 N–H and O–H groups in total. The number of nitro benzene ring substituents is 1. The van der Waals surface area contributed by atoms with Crippen LogP contribution in [0.2, 0.25) is 0 Å². The van der Waals surface area contributed by atoms with Gasteiger partial charge in [0.15, 0.2) is 0 Å². The van der Waals surface area contributed by atoms with Crippen LogP contribution in [0, 0.1) is 17.0 Å². The van der Waals surface area contributed by atoms with E-state index in [1.165, 1.54) is 28.9 Å². The van der Waals surface area contributed by atoms with Gasteiger partial charge >= 0.3 is 0 Å². The maximum Gasteiger partial charge on any atom is 0.280 e. The van der Waals surface area contributed by atoms with Crippen LogP contribution in [-0.2, 0) is 0 Å². The third-order valence-corrected chi connectivity index (χ3v) is 4.40. The summed E-state index contributed by atoms with van der Waals surface area (Å²) in [5.74, 6) is 0. The minimum Gasteiger partial charge on any atom is -0.295 e. The molecule has 8 heteroatoms. The summed E-state index contributed by atoms with van der Waals surface area (Å²) in [4.78, 5) is 27.6. The molecule has 0 aliphatic rings. The SMILES string of the molecule is CC(=Nc1ccc(Br)cc1)c1c(C)[nH]n(-c2ccc([N+](=O)[O-])cc2)c1=O. The molecule has 0 aliphatic heterocycles. The lowest BCUT2D eigenvalue weighted by Gasteiger charge is -2.01. The fourth-order valence-corrected chi connectivity index (χ4v) is 2.91. The van der Waals surface area contributed by atoms with Gasteiger partial charge in [-0.1, -0.05) is 15.9 Å². The summed E-state index contributed by atoms with van der Waals surface area (Å²) in [6.45, 7) is 3.57. The average molecular weight is 415 g/mol. The summed E-state index contributed by atoms with van der Waals surface area (Å²) in [5.41, 5.74) is 2.72. The van der Waals surface area contributed by atoms with E-state index in [-0.39, 0.29) is 11.2 Å². The van der Waals surface area contributed by atoms with Crippen LogP contribution in [0.4, 0.5) is 11.4 Å². The molecule has 0 spiro atoms. The molecule has 7 nitrogen and oxygen atoms in total. The van der Waals surface area contributed by atoms with E-state index in [1.807, 2.05) is 24.3 Å². The standard InChI is InChI=1S/C18H15BrN4O3/c1-11(20-14-5-3-13(19)4-6-14)17-12(2)21-22(18(17)24)15-7-9-16(10-8-15)23(25)26/h3-10,21H,1-2H3. The lowest BCUT2D eigenvalue weighted by molar-refractivity contribution is -0.384. The van der Waals surface area contributed by atoms with Gasteiger partial charge in [0.1, 0.15) is 0 Å². The van der Waals surface area contributed by atoms with E-state index in [2.05, 4.69) is 26.0 Å². The van der Waals surface area contributed by atoms with Gasteiger partial charge in [-0.2, -0.15) is 0 Å². The monoisotopic (exact) mass is 414 g/mol. The van der Waals surface area contributed by atoms with Crippen molar-refractivity contribution in [3.05, 3.63) is 84.7 Å². The Kier molecular flexibility index (Phi) is 4.85. The van der Waals surface area contributed by atoms with Crippen molar-refractivity contribution in [3.8, 4) is 5.69 Å². The molecular weight excluding hydrogens is 400 g/mol. The highest BCUT2D eigenvalue weighted by Gasteiger charge is 2.16. The summed E-state index contributed by atoms with van der Waals surface area (Å²) in [7, 11) is 0. The molecule has 0 atom stereocenters. The molecule has 0 saturated heterocycles. The van der Waals surface area contributed by atoms with Gasteiger partial charge in [0.25, 0.3) is 11.2 Å². The maximum absolute atomic E-state index is 12.8. The molecule has 2 aromatic carbocycles. The molecule has 1 aromatic heterocycles. The lowest BCUT2D eigenvalue weighted by Crippen LogP contribution is -2.19. The Bertz CT molecular complexity index is 1050. The Morgan fingerprint density at radius 1 is 1.15 bits per heavy atom. The Hall–Kier alpha value is -3.00. The number of benzene rings is 2. The number of non-ortho nitro benzene ring substituents is 1. The molecule has 3 rings (SSSR count). The molecule has 0 saturated carbocycles. The first kappa shape index (κ1) is 17.8. The van der Waals surface area contributed by atoms with E-state index >= 15 is 0 Å². The molecule has 132 valence electrons. The van der Waals surface area contributed by atoms with Crippen molar-refractivity contribution in [2.75, 3.05) is 0 Å². The number of rotatable bonds is 4. The minimum absolute atomic E-state index is 0.0294. The summed E-state index contributed by atoms with van der Waals surface area (Å²) in [5, 5.41) is 13.8. The van der Waals surface area contributed by atoms with Gasteiger partial charge in [-0.15, -0.1) is 0 Å². The minimum atomic E-state index is -0.479. The molecule has 0 radical (unpaired) electrons. The molecule has 1 heterocycles. The second-order valence-electron chi connectivity index (χ2n) is 5.70. The van der Waals surface area contributed by atoms with Crippen LogP contribution in [0.15, 0.2) is 62.8 Å². The summed E-state index contributed by atoms with van der Waals surface area (Å²) in [6, 6.07) is 13.2. The van der Waals surface area contributed by atoms with Crippen LogP contribution in [0.3, 0.4) is 0 Å². The lowest BCUT2D eigenvalue weighted by atomic mass is 10.1. The zero-order chi connectivity index (χ0) is 18.8. The van der Waals surface area contributed by atoms with Crippen molar-refractivity contribution in [2.24, 2.45) is 4.99 Å². The van der Waals surface area contributed by atoms with Crippen LogP contribution < -0.4 is 5.56 Å². The molecule has 0 bridgehead atoms. The predicted octanol–water partition coefficient (Wildman–Crippen LogP) is 4.29. The van der Waals surface area contributed by atoms with Gasteiger partial charge in [0.2, 0.25) is 0 Å². The summed E-state index contributed by atoms with van der Waals surface area (Å²) in [6.07, 6.45) is 0. The number of nitrogens with one attached hydrogen (secondary N) is 1. The van der Waals surface area contributed by atoms with E-state index in [4.69, 9.17) is 0 Å². The Balaban J connectivity index is 2.01. The number of nitrogens with zero attached hydrogens (tertiary/aromatic N) is 3. The zero-order valence-corrected chi connectivity index (χ0v) is 15.6. The largest absolute Gasteiger partial charge is 0.295 e. The van der Waals surface area contributed by atoms with Crippen molar-refractivity contribution < 1.29 is 4.92 Å². The van der Waals surface area contributed by atoms with Gasteiger partial charge in [-0.25, -0.2) is 4.68 Å². The highest BCUT2D eigenvalue weighted by atomic mass is 79.9. The Labute approximate surface area is 157 Å². The molecule has 26 heavy (non-hydrogen) atoms. The number of aromatic amines is 1. The van der Waals surface area contributed by atoms with Gasteiger partial charge in [0, 0.05) is 22.3 Å². The maximum atomic E-state index is 12.8. The number of H-pyrrole nitrogens is 1. The van der Waals surface area contributed by atoms with Crippen LogP contribution in [-0.4, -0.2) is 20.4 Å². The van der Waals surface area contributed by atoms with Crippen molar-refractivity contribution in [2.45, 2.75) is 13.8 Å². The number of hydrogen-bond donors (Lipinski definition) is 1. The second kappa shape index (κ2) is 7.09. The highest BCUT2D eigenvalue weighted by Crippen LogP contribution is 2.19. The number of hydrogen-bond acceptors (Lipinski definition) is 4. The number of halogens is 1. The number of nitro groups is 1. The Morgan fingerprint density at radius 3 is 2.35 bits per heavy atom. The topological polar surface area (TPSA) is 93.3 Å². The van der Waals surface area contributed by atoms with E-state index in [0.717, 1.165) is 10.2 Å². The van der Waals surface area contributed by atoms with Crippen molar-refractivity contribution in [1.29, 1.82) is 0 Å². The van der Waals surface area contributed by atoms with Crippen molar-refractivity contribution in [3.63, 3.8) is 0 Å². The van der Waals surface area contributed by atoms with Crippen LogP contribution in [0.1, 0.15) is 18.2 Å². The number of aromatic nitrogens is 2. The number of aliphatic imine (C=N–C) groups is 1. The average Bonchev–Trinajstić information content (AvgIpc) is 2.91. The fourth-order valence-electron chi connectivity index (χ4n) is 2.64. The molecule has 0 amide bonds. The van der Waals surface area contributed by atoms with Crippen LogP contribution >= 0.6 is 15.9 Å². The fraction of sp³-hybridized carbons (Fsp3) is 0.111. The first-order chi connectivity index (χ1) is 12.4. The van der Waals surface area contributed by atoms with Crippen LogP contribution in [0.5, 0.6) is 0 Å². The van der Waals surface area contributed by atoms with Gasteiger partial charge in [0.05, 0.1) is 27.6 Å². The van der Waals surface area contributed by atoms with Gasteiger partial charge in [-0.05, 0) is 50.2 Å². The predicted molar refractivity (Wildman–Crippen MR) is 104 cm³/mol. The third-order valence-electron chi connectivity index (χ3n) is 3.88. The molecule has 0 fully saturated rings. The van der Waals surface area contributed by atoms with Crippen molar-refractivity contribution >= 4 is 33.0 Å². The quantitative estimate of drug-likeness (QED) is 0.392.